The number of rotatable bonds is 7. The molecule has 3 aromatic rings. The number of anilines is 1. The summed E-state index contributed by atoms with van der Waals surface area (Å²) < 4.78 is 1.42. The lowest BCUT2D eigenvalue weighted by molar-refractivity contribution is 0.241. The molecule has 0 aliphatic heterocycles. The minimum Gasteiger partial charge on any atom is -0.379 e. The van der Waals surface area contributed by atoms with Gasteiger partial charge in [-0.1, -0.05) is 128 Å². The first-order chi connectivity index (χ1) is 26.4. The number of thiophene rings is 1. The third-order valence-electron chi connectivity index (χ3n) is 12.9. The van der Waals surface area contributed by atoms with E-state index in [0.717, 1.165) is 32.1 Å². The zero-order valence-corrected chi connectivity index (χ0v) is 37.2. The highest BCUT2D eigenvalue weighted by molar-refractivity contribution is 7.18. The van der Waals surface area contributed by atoms with Crippen molar-refractivity contribution in [3.8, 4) is 0 Å². The monoisotopic (exact) mass is 764 g/mol. The van der Waals surface area contributed by atoms with Gasteiger partial charge in [-0.05, 0) is 156 Å². The Morgan fingerprint density at radius 2 is 1.48 bits per heavy atom. The van der Waals surface area contributed by atoms with Crippen molar-refractivity contribution in [2.75, 3.05) is 4.90 Å². The quantitative estimate of drug-likeness (QED) is 0.241. The van der Waals surface area contributed by atoms with E-state index < -0.39 is 0 Å². The minimum absolute atomic E-state index is 0.0927. The van der Waals surface area contributed by atoms with Crippen molar-refractivity contribution in [2.24, 2.45) is 16.2 Å². The molecule has 0 saturated carbocycles. The Bertz CT molecular complexity index is 2100. The molecule has 0 fully saturated rings. The first kappa shape index (κ1) is 40.7. The number of benzene rings is 2. The van der Waals surface area contributed by atoms with E-state index in [4.69, 9.17) is 0 Å². The molecule has 0 saturated heterocycles. The van der Waals surface area contributed by atoms with Gasteiger partial charge in [0.05, 0.1) is 6.04 Å². The zero-order chi connectivity index (χ0) is 39.9. The number of nitrogens with zero attached hydrogens (tertiary/aromatic N) is 1. The molecule has 4 aliphatic rings. The van der Waals surface area contributed by atoms with E-state index >= 15 is 0 Å². The SMILES string of the molecule is CC1(C)C/C=C\C(NC2C=C(N(C3=C([B]c4csc5cc6c(cc45)CCCC6)C=C(C(C)(C)C)CC3)c3ccc(C(C)(C)C)cc3)C=CC2)=C/CC(C)(C)CC1. The summed E-state index contributed by atoms with van der Waals surface area (Å²) in [6, 6.07) is 14.7. The van der Waals surface area contributed by atoms with Crippen LogP contribution < -0.4 is 15.7 Å². The first-order valence-corrected chi connectivity index (χ1v) is 22.6. The Morgan fingerprint density at radius 1 is 0.786 bits per heavy atom. The maximum atomic E-state index is 4.01. The van der Waals surface area contributed by atoms with Crippen LogP contribution in [0.25, 0.3) is 10.1 Å². The molecule has 295 valence electrons. The van der Waals surface area contributed by atoms with Gasteiger partial charge in [-0.15, -0.1) is 11.3 Å². The lowest BCUT2D eigenvalue weighted by atomic mass is 9.59. The highest BCUT2D eigenvalue weighted by Gasteiger charge is 2.30. The van der Waals surface area contributed by atoms with Crippen molar-refractivity contribution in [3.05, 3.63) is 129 Å². The van der Waals surface area contributed by atoms with Gasteiger partial charge in [0.2, 0.25) is 0 Å². The minimum atomic E-state index is 0.0927. The zero-order valence-electron chi connectivity index (χ0n) is 36.4. The fourth-order valence-corrected chi connectivity index (χ4v) is 9.86. The van der Waals surface area contributed by atoms with Crippen LogP contribution in [0.4, 0.5) is 5.69 Å². The smallest absolute Gasteiger partial charge is 0.195 e. The van der Waals surface area contributed by atoms with E-state index in [-0.39, 0.29) is 22.3 Å². The lowest BCUT2D eigenvalue weighted by Gasteiger charge is -2.37. The van der Waals surface area contributed by atoms with E-state index in [1.807, 2.05) is 11.3 Å². The van der Waals surface area contributed by atoms with Gasteiger partial charge >= 0.3 is 0 Å². The Balaban J connectivity index is 1.31. The summed E-state index contributed by atoms with van der Waals surface area (Å²) in [5.41, 5.74) is 14.6. The van der Waals surface area contributed by atoms with E-state index in [0.29, 0.717) is 5.41 Å². The molecule has 2 nitrogen and oxygen atoms in total. The summed E-state index contributed by atoms with van der Waals surface area (Å²) >= 11 is 1.91. The largest absolute Gasteiger partial charge is 0.379 e. The third kappa shape index (κ3) is 9.61. The summed E-state index contributed by atoms with van der Waals surface area (Å²) in [5, 5.41) is 7.84. The molecule has 1 radical (unpaired) electrons. The first-order valence-electron chi connectivity index (χ1n) is 21.7. The van der Waals surface area contributed by atoms with Crippen LogP contribution in [0.2, 0.25) is 0 Å². The lowest BCUT2D eigenvalue weighted by Crippen LogP contribution is -2.33. The molecule has 2 aromatic carbocycles. The summed E-state index contributed by atoms with van der Waals surface area (Å²) in [4.78, 5) is 2.60. The van der Waals surface area contributed by atoms with Gasteiger partial charge in [-0.25, -0.2) is 0 Å². The normalized spacial score (nSPS) is 23.0. The van der Waals surface area contributed by atoms with Crippen molar-refractivity contribution < 1.29 is 0 Å². The Hall–Kier alpha value is -3.50. The van der Waals surface area contributed by atoms with Gasteiger partial charge in [0.15, 0.2) is 7.28 Å². The molecule has 1 heterocycles. The molecule has 4 aliphatic carbocycles. The summed E-state index contributed by atoms with van der Waals surface area (Å²) in [6.07, 6.45) is 29.8. The van der Waals surface area contributed by atoms with E-state index in [1.165, 1.54) is 93.5 Å². The molecule has 0 amide bonds. The van der Waals surface area contributed by atoms with Gasteiger partial charge in [-0.2, -0.15) is 0 Å². The third-order valence-corrected chi connectivity index (χ3v) is 13.8. The second kappa shape index (κ2) is 16.0. The molecule has 1 N–H and O–H groups in total. The Morgan fingerprint density at radius 3 is 2.18 bits per heavy atom. The van der Waals surface area contributed by atoms with Crippen LogP contribution in [0, 0.1) is 16.2 Å². The van der Waals surface area contributed by atoms with Crippen molar-refractivity contribution in [3.63, 3.8) is 0 Å². The van der Waals surface area contributed by atoms with Crippen LogP contribution in [-0.2, 0) is 18.3 Å². The molecule has 1 aromatic heterocycles. The average Bonchev–Trinajstić information content (AvgIpc) is 3.53. The molecule has 56 heavy (non-hydrogen) atoms. The highest BCUT2D eigenvalue weighted by atomic mass is 32.1. The molecule has 4 heteroatoms. The van der Waals surface area contributed by atoms with Crippen molar-refractivity contribution in [1.29, 1.82) is 0 Å². The Kier molecular flexibility index (Phi) is 11.7. The topological polar surface area (TPSA) is 15.3 Å². The molecule has 0 bridgehead atoms. The van der Waals surface area contributed by atoms with Gasteiger partial charge in [0, 0.05) is 27.5 Å². The van der Waals surface area contributed by atoms with Gasteiger partial charge in [0.25, 0.3) is 0 Å². The molecule has 7 rings (SSSR count). The maximum absolute atomic E-state index is 4.01. The van der Waals surface area contributed by atoms with E-state index in [1.54, 1.807) is 11.1 Å². The molecular weight excluding hydrogens is 695 g/mol. The summed E-state index contributed by atoms with van der Waals surface area (Å²) in [6.45, 7) is 23.8. The number of allylic oxidation sites excluding steroid dienone is 8. The van der Waals surface area contributed by atoms with Gasteiger partial charge in [0.1, 0.15) is 0 Å². The van der Waals surface area contributed by atoms with E-state index in [2.05, 4.69) is 171 Å². The predicted octanol–water partition coefficient (Wildman–Crippen LogP) is 13.8. The van der Waals surface area contributed by atoms with Crippen molar-refractivity contribution >= 4 is 39.9 Å². The van der Waals surface area contributed by atoms with Crippen LogP contribution in [0.3, 0.4) is 0 Å². The number of aryl methyl sites for hydroxylation is 2. The number of hydrogen-bond acceptors (Lipinski definition) is 3. The highest BCUT2D eigenvalue weighted by Crippen LogP contribution is 2.41. The van der Waals surface area contributed by atoms with E-state index in [9.17, 15) is 0 Å². The maximum Gasteiger partial charge on any atom is 0.195 e. The van der Waals surface area contributed by atoms with Gasteiger partial charge in [-0.3, -0.25) is 0 Å². The number of fused-ring (bicyclic) bond motifs is 2. The standard InChI is InChI=1S/C52H68BN2S/c1-49(2,3)38-20-23-42(24-21-38)55(43-19-13-17-41(34-43)54-40-18-14-27-51(7,8)29-30-52(9,10)28-26-40)47-25-22-39(50(4,5)6)33-45(47)53-46-35-56-48-32-37-16-12-11-15-36(37)31-44(46)48/h13-14,18-21,23-24,26,31-35,41,54H,11-12,15-17,22,25,27-30H2,1-10H3/b18-14-,40-26+. The molecule has 0 spiro atoms. The van der Waals surface area contributed by atoms with Crippen LogP contribution in [-0.4, -0.2) is 13.3 Å². The fraction of sp³-hybridized carbons (Fsp3) is 0.500. The Labute approximate surface area is 345 Å². The van der Waals surface area contributed by atoms with Crippen LogP contribution in [0.5, 0.6) is 0 Å². The fourth-order valence-electron chi connectivity index (χ4n) is 8.90. The van der Waals surface area contributed by atoms with Crippen molar-refractivity contribution in [1.82, 2.24) is 5.32 Å². The number of hydrogen-bond donors (Lipinski definition) is 1. The predicted molar refractivity (Wildman–Crippen MR) is 247 cm³/mol. The second-order valence-corrected chi connectivity index (χ2v) is 21.8. The van der Waals surface area contributed by atoms with Crippen molar-refractivity contribution in [2.45, 2.75) is 151 Å². The summed E-state index contributed by atoms with van der Waals surface area (Å²) in [5.74, 6) is 0. The van der Waals surface area contributed by atoms with Crippen LogP contribution in [0.15, 0.2) is 112 Å². The van der Waals surface area contributed by atoms with Gasteiger partial charge < -0.3 is 10.2 Å². The van der Waals surface area contributed by atoms with Crippen LogP contribution >= 0.6 is 11.3 Å². The molecule has 1 unspecified atom stereocenters. The second-order valence-electron chi connectivity index (χ2n) is 20.9. The molecule has 1 atom stereocenters. The average molecular weight is 764 g/mol. The number of nitrogens with one attached hydrogen (secondary N) is 1. The molecular formula is C52H68BN2S. The van der Waals surface area contributed by atoms with Crippen LogP contribution in [0.1, 0.15) is 144 Å². The summed E-state index contributed by atoms with van der Waals surface area (Å²) in [7, 11) is 2.52.